The van der Waals surface area contributed by atoms with Crippen LogP contribution >= 0.6 is 11.3 Å². The molecule has 0 saturated carbocycles. The summed E-state index contributed by atoms with van der Waals surface area (Å²) in [7, 11) is -4.11. The summed E-state index contributed by atoms with van der Waals surface area (Å²) in [6, 6.07) is 13.2. The minimum absolute atomic E-state index is 0.0615. The van der Waals surface area contributed by atoms with Gasteiger partial charge in [0.2, 0.25) is 0 Å². The number of hydrogen-bond donors (Lipinski definition) is 1. The Bertz CT molecular complexity index is 1420. The zero-order valence-corrected chi connectivity index (χ0v) is 19.2. The van der Waals surface area contributed by atoms with E-state index in [1.165, 1.54) is 6.08 Å². The Morgan fingerprint density at radius 1 is 1.19 bits per heavy atom. The highest BCUT2D eigenvalue weighted by Gasteiger charge is 2.23. The van der Waals surface area contributed by atoms with E-state index >= 15 is 0 Å². The number of sulfonamides is 1. The molecule has 0 saturated heterocycles. The summed E-state index contributed by atoms with van der Waals surface area (Å²) in [6.07, 6.45) is 5.28. The van der Waals surface area contributed by atoms with Crippen LogP contribution in [0.5, 0.6) is 0 Å². The van der Waals surface area contributed by atoms with Crippen LogP contribution in [-0.2, 0) is 27.8 Å². The second-order valence-electron chi connectivity index (χ2n) is 7.67. The lowest BCUT2D eigenvalue weighted by Crippen LogP contribution is -2.13. The largest absolute Gasteiger partial charge is 0.319 e. The molecule has 164 valence electrons. The van der Waals surface area contributed by atoms with Crippen molar-refractivity contribution in [1.82, 2.24) is 14.6 Å². The third kappa shape index (κ3) is 4.62. The van der Waals surface area contributed by atoms with Gasteiger partial charge in [-0.25, -0.2) is 19.4 Å². The van der Waals surface area contributed by atoms with Crippen molar-refractivity contribution in [1.29, 1.82) is 0 Å². The van der Waals surface area contributed by atoms with Crippen molar-refractivity contribution < 1.29 is 13.2 Å². The lowest BCUT2D eigenvalue weighted by molar-refractivity contribution is 0.564. The molecular weight excluding hydrogens is 446 g/mol. The van der Waals surface area contributed by atoms with Gasteiger partial charge < -0.3 is 5.43 Å². The van der Waals surface area contributed by atoms with E-state index in [0.717, 1.165) is 44.9 Å². The monoisotopic (exact) mass is 467 g/mol. The van der Waals surface area contributed by atoms with Gasteiger partial charge in [0, 0.05) is 16.6 Å². The lowest BCUT2D eigenvalue weighted by atomic mass is 10.0. The highest BCUT2D eigenvalue weighted by Crippen LogP contribution is 2.37. The summed E-state index contributed by atoms with van der Waals surface area (Å²) in [5.74, 6) is 0.362. The van der Waals surface area contributed by atoms with Crippen LogP contribution < -0.4 is 5.43 Å². The van der Waals surface area contributed by atoms with Gasteiger partial charge in [-0.15, -0.1) is 11.3 Å². The van der Waals surface area contributed by atoms with Crippen LogP contribution in [0.4, 0.5) is 0 Å². The van der Waals surface area contributed by atoms with E-state index in [-0.39, 0.29) is 4.21 Å². The van der Waals surface area contributed by atoms with E-state index in [1.807, 2.05) is 42.5 Å². The molecule has 0 bridgehead atoms. The molecule has 0 spiro atoms. The number of thiophene rings is 1. The molecule has 1 aromatic carbocycles. The predicted octanol–water partition coefficient (Wildman–Crippen LogP) is 4.13. The number of hydrogen-bond acceptors (Lipinski definition) is 7. The van der Waals surface area contributed by atoms with Crippen LogP contribution in [0, 0.1) is 5.92 Å². The molecule has 0 aliphatic carbocycles. The van der Waals surface area contributed by atoms with Gasteiger partial charge in [0.15, 0.2) is 9.86 Å². The van der Waals surface area contributed by atoms with E-state index in [4.69, 9.17) is 0 Å². The second-order valence-corrected chi connectivity index (χ2v) is 10.6. The van der Waals surface area contributed by atoms with E-state index in [2.05, 4.69) is 33.6 Å². The Morgan fingerprint density at radius 2 is 2.03 bits per heavy atom. The number of nitrogens with zero attached hydrogens (tertiary/aromatic N) is 4. The fraction of sp³-hybridized carbons (Fsp3) is 0.227. The smallest absolute Gasteiger partial charge is 0.302 e. The van der Waals surface area contributed by atoms with Gasteiger partial charge in [0.1, 0.15) is 11.8 Å². The minimum atomic E-state index is -4.11. The van der Waals surface area contributed by atoms with Gasteiger partial charge in [-0.05, 0) is 47.7 Å². The number of aromatic nitrogens is 3. The van der Waals surface area contributed by atoms with Gasteiger partial charge in [0.05, 0.1) is 6.54 Å². The molecule has 0 radical (unpaired) electrons. The Labute approximate surface area is 189 Å². The quantitative estimate of drug-likeness (QED) is 0.309. The maximum atomic E-state index is 12.6. The Hall–Kier alpha value is -3.33. The number of pyridine rings is 1. The maximum Gasteiger partial charge on any atom is 0.302 e. The van der Waals surface area contributed by atoms with Crippen LogP contribution in [0.2, 0.25) is 0 Å². The summed E-state index contributed by atoms with van der Waals surface area (Å²) in [5, 5.41) is 0. The number of nitrogens with one attached hydrogen (secondary N) is 1. The predicted molar refractivity (Wildman–Crippen MR) is 124 cm³/mol. The Morgan fingerprint density at radius 3 is 2.81 bits per heavy atom. The van der Waals surface area contributed by atoms with Gasteiger partial charge in [0.25, 0.3) is 6.08 Å². The van der Waals surface area contributed by atoms with Crippen LogP contribution in [0.3, 0.4) is 0 Å². The molecule has 0 amide bonds. The zero-order valence-electron chi connectivity index (χ0n) is 17.5. The van der Waals surface area contributed by atoms with Crippen LogP contribution in [0.1, 0.15) is 24.3 Å². The second kappa shape index (κ2) is 9.04. The third-order valence-corrected chi connectivity index (χ3v) is 7.59. The molecule has 32 heavy (non-hydrogen) atoms. The molecule has 4 rings (SSSR count). The lowest BCUT2D eigenvalue weighted by Gasteiger charge is -2.09. The minimum Gasteiger partial charge on any atom is -0.319 e. The normalized spacial score (nSPS) is 11.6. The van der Waals surface area contributed by atoms with Crippen molar-refractivity contribution in [3.8, 4) is 11.1 Å². The van der Waals surface area contributed by atoms with Crippen LogP contribution in [0.25, 0.3) is 22.3 Å². The van der Waals surface area contributed by atoms with Gasteiger partial charge in [-0.2, -0.15) is 8.42 Å². The van der Waals surface area contributed by atoms with Gasteiger partial charge >= 0.3 is 10.0 Å². The van der Waals surface area contributed by atoms with Crippen LogP contribution in [0.15, 0.2) is 63.6 Å². The van der Waals surface area contributed by atoms with Gasteiger partial charge in [-0.1, -0.05) is 36.4 Å². The molecule has 0 atom stereocenters. The van der Waals surface area contributed by atoms with E-state index in [0.29, 0.717) is 18.0 Å². The first kappa shape index (κ1) is 21.9. The maximum absolute atomic E-state index is 12.6. The number of isocyanates is 1. The van der Waals surface area contributed by atoms with Crippen LogP contribution in [-0.4, -0.2) is 29.1 Å². The molecule has 0 fully saturated rings. The SMILES string of the molecule is CC(C)Cc1cc(-c2cccc(CNn3cnc4cccnc43)c2)c(S(=O)(=O)N=C=O)s1. The van der Waals surface area contributed by atoms with Crippen molar-refractivity contribution >= 4 is 38.6 Å². The third-order valence-electron chi connectivity index (χ3n) is 4.75. The molecule has 4 aromatic rings. The molecule has 3 heterocycles. The number of rotatable bonds is 8. The first-order chi connectivity index (χ1) is 15.4. The molecular formula is C22H21N5O3S2. The number of benzene rings is 1. The number of fused-ring (bicyclic) bond motifs is 1. The van der Waals surface area contributed by atoms with Crippen molar-refractivity contribution in [2.45, 2.75) is 31.0 Å². The fourth-order valence-electron chi connectivity index (χ4n) is 3.40. The molecule has 0 unspecified atom stereocenters. The first-order valence-electron chi connectivity index (χ1n) is 9.95. The molecule has 0 aliphatic rings. The van der Waals surface area contributed by atoms with E-state index < -0.39 is 10.0 Å². The summed E-state index contributed by atoms with van der Waals surface area (Å²) in [4.78, 5) is 20.3. The number of imidazole rings is 1. The molecule has 8 nitrogen and oxygen atoms in total. The number of carbonyl (C=O) groups excluding carboxylic acids is 1. The van der Waals surface area contributed by atoms with E-state index in [1.54, 1.807) is 17.2 Å². The summed E-state index contributed by atoms with van der Waals surface area (Å²) >= 11 is 1.15. The summed E-state index contributed by atoms with van der Waals surface area (Å²) in [6.45, 7) is 4.61. The average molecular weight is 468 g/mol. The summed E-state index contributed by atoms with van der Waals surface area (Å²) in [5.41, 5.74) is 7.00. The van der Waals surface area contributed by atoms with Gasteiger partial charge in [-0.3, -0.25) is 0 Å². The Balaban J connectivity index is 1.66. The van der Waals surface area contributed by atoms with E-state index in [9.17, 15) is 13.2 Å². The van der Waals surface area contributed by atoms with Crippen molar-refractivity contribution in [3.05, 3.63) is 65.4 Å². The van der Waals surface area contributed by atoms with Crippen molar-refractivity contribution in [2.75, 3.05) is 5.43 Å². The van der Waals surface area contributed by atoms with Crippen molar-refractivity contribution in [3.63, 3.8) is 0 Å². The average Bonchev–Trinajstić information content (AvgIpc) is 3.37. The molecule has 10 heteroatoms. The molecule has 1 N–H and O–H groups in total. The highest BCUT2D eigenvalue weighted by atomic mass is 32.2. The summed E-state index contributed by atoms with van der Waals surface area (Å²) < 4.78 is 30.0. The Kier molecular flexibility index (Phi) is 6.18. The zero-order chi connectivity index (χ0) is 22.7. The molecule has 3 aromatic heterocycles. The molecule has 0 aliphatic heterocycles. The topological polar surface area (TPSA) is 106 Å². The first-order valence-corrected chi connectivity index (χ1v) is 12.2. The fourth-order valence-corrected chi connectivity index (χ4v) is 6.01. The highest BCUT2D eigenvalue weighted by molar-refractivity contribution is 7.92. The van der Waals surface area contributed by atoms with Crippen molar-refractivity contribution in [2.24, 2.45) is 10.3 Å². The standard InChI is InChI=1S/C22H21N5O3S2/c1-15(2)9-18-11-19(22(31-18)32(29,30)26-14-28)17-6-3-5-16(10-17)12-25-27-13-24-20-7-4-8-23-21(20)27/h3-8,10-11,13,15,25H,9,12H2,1-2H3.